The van der Waals surface area contributed by atoms with Gasteiger partial charge in [-0.25, -0.2) is 9.37 Å². The molecule has 40 heavy (non-hydrogen) atoms. The van der Waals surface area contributed by atoms with E-state index in [9.17, 15) is 17.6 Å². The second kappa shape index (κ2) is 11.6. The molecule has 1 aliphatic rings. The van der Waals surface area contributed by atoms with Gasteiger partial charge in [0.1, 0.15) is 17.4 Å². The van der Waals surface area contributed by atoms with E-state index in [1.807, 2.05) is 43.3 Å². The first-order valence-corrected chi connectivity index (χ1v) is 13.4. The molecule has 0 aliphatic carbocycles. The van der Waals surface area contributed by atoms with Gasteiger partial charge in [-0.2, -0.15) is 9.64 Å². The van der Waals surface area contributed by atoms with Crippen molar-refractivity contribution in [2.75, 3.05) is 18.0 Å². The summed E-state index contributed by atoms with van der Waals surface area (Å²) in [5.74, 6) is -0.237. The third-order valence-electron chi connectivity index (χ3n) is 6.88. The summed E-state index contributed by atoms with van der Waals surface area (Å²) in [4.78, 5) is 6.71. The molecule has 0 spiro atoms. The predicted molar refractivity (Wildman–Crippen MR) is 145 cm³/mol. The maximum atomic E-state index is 14.7. The van der Waals surface area contributed by atoms with Crippen LogP contribution in [0.1, 0.15) is 34.9 Å². The molecule has 3 aromatic carbocycles. The minimum atomic E-state index is -4.88. The standard InChI is InChI=1S/C29H25F4N5OS/c1-18-36-28(40-37-18)38-12-11-26(24(17-38)20-5-3-2-4-6-20)35-16-22-14-21(8-10-27(22)39-29(31,32)33)23-9-7-19(15-34)13-25(23)30/h2-10,13-14,24,26,35H,11-12,16-17H2,1H3/t24-,26-/m0/s1. The van der Waals surface area contributed by atoms with Gasteiger partial charge in [0, 0.05) is 54.3 Å². The molecule has 0 bridgehead atoms. The Morgan fingerprint density at radius 3 is 2.60 bits per heavy atom. The van der Waals surface area contributed by atoms with Crippen LogP contribution < -0.4 is 15.0 Å². The van der Waals surface area contributed by atoms with E-state index in [-0.39, 0.29) is 40.9 Å². The minimum Gasteiger partial charge on any atom is -0.405 e. The number of benzene rings is 3. The molecule has 4 aromatic rings. The normalized spacial score (nSPS) is 17.4. The van der Waals surface area contributed by atoms with Gasteiger partial charge in [0.2, 0.25) is 5.13 Å². The second-order valence-electron chi connectivity index (χ2n) is 9.54. The van der Waals surface area contributed by atoms with Gasteiger partial charge >= 0.3 is 6.36 Å². The third-order valence-corrected chi connectivity index (χ3v) is 7.75. The molecular formula is C29H25F4N5OS. The molecule has 1 aromatic heterocycles. The predicted octanol–water partition coefficient (Wildman–Crippen LogP) is 6.58. The van der Waals surface area contributed by atoms with Crippen molar-refractivity contribution in [3.63, 3.8) is 0 Å². The molecule has 0 saturated carbocycles. The van der Waals surface area contributed by atoms with E-state index in [2.05, 4.69) is 24.3 Å². The maximum Gasteiger partial charge on any atom is 0.573 e. The van der Waals surface area contributed by atoms with Crippen molar-refractivity contribution in [1.82, 2.24) is 14.7 Å². The molecule has 2 heterocycles. The fourth-order valence-corrected chi connectivity index (χ4v) is 5.70. The summed E-state index contributed by atoms with van der Waals surface area (Å²) in [6.45, 7) is 3.29. The van der Waals surface area contributed by atoms with Crippen molar-refractivity contribution >= 4 is 16.7 Å². The van der Waals surface area contributed by atoms with Crippen LogP contribution in [0.3, 0.4) is 0 Å². The number of hydrogen-bond acceptors (Lipinski definition) is 7. The van der Waals surface area contributed by atoms with Gasteiger partial charge in [-0.15, -0.1) is 13.2 Å². The van der Waals surface area contributed by atoms with Gasteiger partial charge in [-0.3, -0.25) is 0 Å². The highest BCUT2D eigenvalue weighted by molar-refractivity contribution is 7.09. The molecule has 0 radical (unpaired) electrons. The summed E-state index contributed by atoms with van der Waals surface area (Å²) in [5, 5.41) is 13.3. The number of aromatic nitrogens is 2. The van der Waals surface area contributed by atoms with E-state index in [1.54, 1.807) is 0 Å². The topological polar surface area (TPSA) is 74.1 Å². The van der Waals surface area contributed by atoms with Crippen LogP contribution in [0.5, 0.6) is 5.75 Å². The molecular weight excluding hydrogens is 542 g/mol. The van der Waals surface area contributed by atoms with Crippen LogP contribution in [0.4, 0.5) is 22.7 Å². The number of rotatable bonds is 7. The number of alkyl halides is 3. The lowest BCUT2D eigenvalue weighted by atomic mass is 9.86. The summed E-state index contributed by atoms with van der Waals surface area (Å²) >= 11 is 1.35. The van der Waals surface area contributed by atoms with Crippen molar-refractivity contribution in [2.24, 2.45) is 0 Å². The molecule has 0 unspecified atom stereocenters. The van der Waals surface area contributed by atoms with E-state index in [4.69, 9.17) is 5.26 Å². The highest BCUT2D eigenvalue weighted by Gasteiger charge is 2.34. The summed E-state index contributed by atoms with van der Waals surface area (Å²) < 4.78 is 63.0. The fraction of sp³-hybridized carbons (Fsp3) is 0.276. The van der Waals surface area contributed by atoms with Crippen LogP contribution in [0.25, 0.3) is 11.1 Å². The Kier molecular flexibility index (Phi) is 8.00. The Morgan fingerprint density at radius 1 is 1.12 bits per heavy atom. The Morgan fingerprint density at radius 2 is 1.93 bits per heavy atom. The van der Waals surface area contributed by atoms with Crippen molar-refractivity contribution in [2.45, 2.75) is 38.2 Å². The molecule has 2 atom stereocenters. The zero-order valence-corrected chi connectivity index (χ0v) is 22.3. The van der Waals surface area contributed by atoms with Gasteiger partial charge < -0.3 is 15.0 Å². The average molecular weight is 568 g/mol. The Balaban J connectivity index is 1.42. The monoisotopic (exact) mass is 567 g/mol. The number of nitriles is 1. The molecule has 6 nitrogen and oxygen atoms in total. The molecule has 1 saturated heterocycles. The first-order chi connectivity index (χ1) is 19.2. The lowest BCUT2D eigenvalue weighted by molar-refractivity contribution is -0.274. The van der Waals surface area contributed by atoms with Gasteiger partial charge in [0.05, 0.1) is 11.6 Å². The molecule has 5 rings (SSSR count). The van der Waals surface area contributed by atoms with Gasteiger partial charge in [0.15, 0.2) is 0 Å². The molecule has 0 amide bonds. The summed E-state index contributed by atoms with van der Waals surface area (Å²) in [6.07, 6.45) is -4.16. The zero-order valence-electron chi connectivity index (χ0n) is 21.5. The van der Waals surface area contributed by atoms with Gasteiger partial charge in [-0.1, -0.05) is 42.5 Å². The number of nitrogens with one attached hydrogen (secondary N) is 1. The van der Waals surface area contributed by atoms with Crippen LogP contribution in [0.2, 0.25) is 0 Å². The molecule has 1 N–H and O–H groups in total. The largest absolute Gasteiger partial charge is 0.573 e. The van der Waals surface area contributed by atoms with Crippen LogP contribution in [0, 0.1) is 24.1 Å². The average Bonchev–Trinajstić information content (AvgIpc) is 3.38. The van der Waals surface area contributed by atoms with E-state index in [1.165, 1.54) is 41.9 Å². The highest BCUT2D eigenvalue weighted by atomic mass is 32.1. The van der Waals surface area contributed by atoms with Crippen LogP contribution in [0.15, 0.2) is 66.7 Å². The van der Waals surface area contributed by atoms with Crippen LogP contribution >= 0.6 is 11.5 Å². The number of anilines is 1. The molecule has 1 fully saturated rings. The quantitative estimate of drug-likeness (QED) is 0.255. The first-order valence-electron chi connectivity index (χ1n) is 12.6. The lowest BCUT2D eigenvalue weighted by Gasteiger charge is -2.39. The van der Waals surface area contributed by atoms with Crippen molar-refractivity contribution < 1.29 is 22.3 Å². The Labute approximate surface area is 233 Å². The summed E-state index contributed by atoms with van der Waals surface area (Å²) in [5.41, 5.74) is 2.07. The number of nitrogens with zero attached hydrogens (tertiary/aromatic N) is 4. The third kappa shape index (κ3) is 6.41. The fourth-order valence-electron chi connectivity index (χ4n) is 4.99. The van der Waals surface area contributed by atoms with Crippen molar-refractivity contribution in [1.29, 1.82) is 5.26 Å². The van der Waals surface area contributed by atoms with Crippen LogP contribution in [-0.4, -0.2) is 34.9 Å². The Bertz CT molecular complexity index is 1520. The van der Waals surface area contributed by atoms with Gasteiger partial charge in [-0.05, 0) is 48.7 Å². The molecule has 206 valence electrons. The van der Waals surface area contributed by atoms with E-state index >= 15 is 0 Å². The van der Waals surface area contributed by atoms with Gasteiger partial charge in [0.25, 0.3) is 0 Å². The molecule has 1 aliphatic heterocycles. The first kappa shape index (κ1) is 27.6. The smallest absolute Gasteiger partial charge is 0.405 e. The number of hydrogen-bond donors (Lipinski definition) is 1. The van der Waals surface area contributed by atoms with Crippen LogP contribution in [-0.2, 0) is 6.54 Å². The Hall–Kier alpha value is -4.01. The van der Waals surface area contributed by atoms with E-state index < -0.39 is 12.2 Å². The van der Waals surface area contributed by atoms with E-state index in [0.29, 0.717) is 24.5 Å². The second-order valence-corrected chi connectivity index (χ2v) is 10.3. The highest BCUT2D eigenvalue weighted by Crippen LogP contribution is 2.34. The van der Waals surface area contributed by atoms with Crippen molar-refractivity contribution in [3.05, 3.63) is 95.1 Å². The lowest BCUT2D eigenvalue weighted by Crippen LogP contribution is -2.48. The summed E-state index contributed by atoms with van der Waals surface area (Å²) in [7, 11) is 0. The van der Waals surface area contributed by atoms with E-state index in [0.717, 1.165) is 23.2 Å². The maximum absolute atomic E-state index is 14.7. The molecule has 11 heteroatoms. The number of aryl methyl sites for hydroxylation is 1. The number of piperidine rings is 1. The summed E-state index contributed by atoms with van der Waals surface area (Å²) in [6, 6.07) is 19.9. The van der Waals surface area contributed by atoms with Crippen molar-refractivity contribution in [3.8, 4) is 22.9 Å². The minimum absolute atomic E-state index is 0.0327. The number of ether oxygens (including phenoxy) is 1. The zero-order chi connectivity index (χ0) is 28.3. The number of halogens is 4. The SMILES string of the molecule is Cc1nsc(N2CC[C@H](NCc3cc(-c4ccc(C#N)cc4F)ccc3OC(F)(F)F)[C@H](c3ccccc3)C2)n1.